The summed E-state index contributed by atoms with van der Waals surface area (Å²) in [6.07, 6.45) is 1.76. The molecule has 0 unspecified atom stereocenters. The van der Waals surface area contributed by atoms with Crippen molar-refractivity contribution in [3.8, 4) is 5.82 Å². The van der Waals surface area contributed by atoms with E-state index in [2.05, 4.69) is 30.9 Å². The van der Waals surface area contributed by atoms with Crippen molar-refractivity contribution in [2.24, 2.45) is 0 Å². The van der Waals surface area contributed by atoms with Crippen LogP contribution in [0.5, 0.6) is 0 Å². The highest BCUT2D eigenvalue weighted by molar-refractivity contribution is 6.29. The predicted molar refractivity (Wildman–Crippen MR) is 69.8 cm³/mol. The van der Waals surface area contributed by atoms with Crippen LogP contribution in [-0.4, -0.2) is 14.8 Å². The Kier molecular flexibility index (Phi) is 2.96. The van der Waals surface area contributed by atoms with E-state index in [1.165, 1.54) is 0 Å². The molecular weight excluding hydrogens is 234 g/mol. The molecule has 0 aromatic carbocycles. The molecule has 90 valence electrons. The molecule has 0 fully saturated rings. The Morgan fingerprint density at radius 2 is 1.94 bits per heavy atom. The van der Waals surface area contributed by atoms with Crippen molar-refractivity contribution in [3.05, 3.63) is 40.8 Å². The lowest BCUT2D eigenvalue weighted by molar-refractivity contribution is 0.559. The van der Waals surface area contributed by atoms with Crippen LogP contribution >= 0.6 is 11.6 Å². The zero-order valence-corrected chi connectivity index (χ0v) is 11.3. The fraction of sp³-hybridized carbons (Fsp3) is 0.385. The first-order chi connectivity index (χ1) is 7.88. The van der Waals surface area contributed by atoms with E-state index < -0.39 is 0 Å². The average Bonchev–Trinajstić information content (AvgIpc) is 2.60. The SMILES string of the molecule is Cc1ccnc(-n2nc(C(C)(C)C)cc2Cl)c1. The average molecular weight is 250 g/mol. The van der Waals surface area contributed by atoms with Gasteiger partial charge in [-0.15, -0.1) is 0 Å². The summed E-state index contributed by atoms with van der Waals surface area (Å²) >= 11 is 6.20. The van der Waals surface area contributed by atoms with E-state index >= 15 is 0 Å². The molecule has 0 bridgehead atoms. The number of nitrogens with zero attached hydrogens (tertiary/aromatic N) is 3. The summed E-state index contributed by atoms with van der Waals surface area (Å²) in [5.41, 5.74) is 2.09. The van der Waals surface area contributed by atoms with Gasteiger partial charge in [-0.1, -0.05) is 32.4 Å². The van der Waals surface area contributed by atoms with Crippen molar-refractivity contribution in [3.63, 3.8) is 0 Å². The number of aryl methyl sites for hydroxylation is 1. The minimum atomic E-state index is -0.0152. The number of hydrogen-bond donors (Lipinski definition) is 0. The molecule has 2 heterocycles. The minimum Gasteiger partial charge on any atom is -0.237 e. The van der Waals surface area contributed by atoms with Crippen LogP contribution in [0.2, 0.25) is 5.15 Å². The highest BCUT2D eigenvalue weighted by Gasteiger charge is 2.20. The van der Waals surface area contributed by atoms with Crippen LogP contribution in [0.4, 0.5) is 0 Å². The summed E-state index contributed by atoms with van der Waals surface area (Å²) in [4.78, 5) is 4.28. The molecule has 0 aliphatic heterocycles. The monoisotopic (exact) mass is 249 g/mol. The topological polar surface area (TPSA) is 30.7 Å². The molecule has 0 aliphatic carbocycles. The summed E-state index contributed by atoms with van der Waals surface area (Å²) < 4.78 is 1.68. The van der Waals surface area contributed by atoms with Crippen molar-refractivity contribution < 1.29 is 0 Å². The molecule has 0 saturated carbocycles. The van der Waals surface area contributed by atoms with Crippen molar-refractivity contribution in [1.29, 1.82) is 0 Å². The van der Waals surface area contributed by atoms with Gasteiger partial charge < -0.3 is 0 Å². The Labute approximate surface area is 106 Å². The number of hydrogen-bond acceptors (Lipinski definition) is 2. The number of rotatable bonds is 1. The van der Waals surface area contributed by atoms with E-state index in [0.29, 0.717) is 5.15 Å². The lowest BCUT2D eigenvalue weighted by Gasteiger charge is -2.14. The van der Waals surface area contributed by atoms with Gasteiger partial charge in [0, 0.05) is 11.6 Å². The fourth-order valence-electron chi connectivity index (χ4n) is 1.52. The van der Waals surface area contributed by atoms with Gasteiger partial charge in [0.2, 0.25) is 0 Å². The Hall–Kier alpha value is -1.35. The quantitative estimate of drug-likeness (QED) is 0.774. The van der Waals surface area contributed by atoms with Crippen molar-refractivity contribution in [2.45, 2.75) is 33.1 Å². The van der Waals surface area contributed by atoms with Crippen LogP contribution in [0.25, 0.3) is 5.82 Å². The maximum absolute atomic E-state index is 6.20. The Morgan fingerprint density at radius 1 is 1.24 bits per heavy atom. The third-order valence-electron chi connectivity index (χ3n) is 2.55. The maximum Gasteiger partial charge on any atom is 0.155 e. The van der Waals surface area contributed by atoms with Gasteiger partial charge in [-0.2, -0.15) is 5.10 Å². The largest absolute Gasteiger partial charge is 0.237 e. The molecule has 4 heteroatoms. The molecule has 0 atom stereocenters. The first kappa shape index (κ1) is 12.1. The van der Waals surface area contributed by atoms with E-state index in [1.54, 1.807) is 10.9 Å². The third-order valence-corrected chi connectivity index (χ3v) is 2.82. The normalized spacial score (nSPS) is 11.8. The van der Waals surface area contributed by atoms with Crippen molar-refractivity contribution >= 4 is 11.6 Å². The fourth-order valence-corrected chi connectivity index (χ4v) is 1.75. The Balaban J connectivity index is 2.50. The van der Waals surface area contributed by atoms with Crippen LogP contribution in [0, 0.1) is 6.92 Å². The lowest BCUT2D eigenvalue weighted by atomic mass is 9.93. The second-order valence-electron chi connectivity index (χ2n) is 5.21. The smallest absolute Gasteiger partial charge is 0.155 e. The lowest BCUT2D eigenvalue weighted by Crippen LogP contribution is -2.12. The van der Waals surface area contributed by atoms with E-state index in [4.69, 9.17) is 11.6 Å². The number of halogens is 1. The second-order valence-corrected chi connectivity index (χ2v) is 5.59. The van der Waals surface area contributed by atoms with Crippen LogP contribution in [-0.2, 0) is 5.41 Å². The summed E-state index contributed by atoms with van der Waals surface area (Å²) in [5, 5.41) is 5.11. The molecule has 0 saturated heterocycles. The first-order valence-corrected chi connectivity index (χ1v) is 5.95. The molecule has 2 rings (SSSR count). The molecule has 0 aliphatic rings. The summed E-state index contributed by atoms with van der Waals surface area (Å²) in [5.74, 6) is 0.755. The van der Waals surface area contributed by atoms with E-state index in [0.717, 1.165) is 17.1 Å². The zero-order valence-electron chi connectivity index (χ0n) is 10.5. The van der Waals surface area contributed by atoms with E-state index in [9.17, 15) is 0 Å². The molecule has 0 spiro atoms. The molecule has 0 amide bonds. The highest BCUT2D eigenvalue weighted by atomic mass is 35.5. The maximum atomic E-state index is 6.20. The number of pyridine rings is 1. The van der Waals surface area contributed by atoms with Crippen molar-refractivity contribution in [1.82, 2.24) is 14.8 Å². The zero-order chi connectivity index (χ0) is 12.6. The standard InChI is InChI=1S/C13H16ClN3/c1-9-5-6-15-12(7-9)17-11(14)8-10(16-17)13(2,3)4/h5-8H,1-4H3. The predicted octanol–water partition coefficient (Wildman–Crippen LogP) is 3.53. The van der Waals surface area contributed by atoms with Crippen LogP contribution in [0.3, 0.4) is 0 Å². The molecule has 0 N–H and O–H groups in total. The van der Waals surface area contributed by atoms with Crippen LogP contribution in [0.15, 0.2) is 24.4 Å². The molecule has 3 nitrogen and oxygen atoms in total. The van der Waals surface area contributed by atoms with Gasteiger partial charge in [-0.05, 0) is 30.7 Å². The molecule has 0 radical (unpaired) electrons. The highest BCUT2D eigenvalue weighted by Crippen LogP contribution is 2.25. The summed E-state index contributed by atoms with van der Waals surface area (Å²) in [7, 11) is 0. The summed E-state index contributed by atoms with van der Waals surface area (Å²) in [6, 6.07) is 5.81. The van der Waals surface area contributed by atoms with Gasteiger partial charge in [0.1, 0.15) is 5.15 Å². The van der Waals surface area contributed by atoms with Gasteiger partial charge >= 0.3 is 0 Å². The van der Waals surface area contributed by atoms with Crippen molar-refractivity contribution in [2.75, 3.05) is 0 Å². The van der Waals surface area contributed by atoms with Crippen LogP contribution < -0.4 is 0 Å². The molecular formula is C13H16ClN3. The molecule has 2 aromatic rings. The van der Waals surface area contributed by atoms with Gasteiger partial charge in [0.05, 0.1) is 5.69 Å². The van der Waals surface area contributed by atoms with E-state index in [1.807, 2.05) is 25.1 Å². The van der Waals surface area contributed by atoms with E-state index in [-0.39, 0.29) is 5.41 Å². The van der Waals surface area contributed by atoms with Gasteiger partial charge in [-0.3, -0.25) is 0 Å². The van der Waals surface area contributed by atoms with Crippen LogP contribution in [0.1, 0.15) is 32.0 Å². The third kappa shape index (κ3) is 2.50. The van der Waals surface area contributed by atoms with Gasteiger partial charge in [0.15, 0.2) is 5.82 Å². The minimum absolute atomic E-state index is 0.0152. The van der Waals surface area contributed by atoms with Gasteiger partial charge in [-0.25, -0.2) is 9.67 Å². The number of aromatic nitrogens is 3. The second kappa shape index (κ2) is 4.15. The summed E-state index contributed by atoms with van der Waals surface area (Å²) in [6.45, 7) is 8.35. The van der Waals surface area contributed by atoms with Gasteiger partial charge in [0.25, 0.3) is 0 Å². The first-order valence-electron chi connectivity index (χ1n) is 5.57. The Morgan fingerprint density at radius 3 is 2.47 bits per heavy atom. The molecule has 17 heavy (non-hydrogen) atoms. The Bertz CT molecular complexity index is 538. The molecule has 2 aromatic heterocycles.